The number of hydrogen-bond donors (Lipinski definition) is 1. The van der Waals surface area contributed by atoms with Crippen molar-refractivity contribution >= 4 is 34.2 Å². The van der Waals surface area contributed by atoms with Gasteiger partial charge in [-0.05, 0) is 60.2 Å². The lowest BCUT2D eigenvalue weighted by Crippen LogP contribution is -2.50. The van der Waals surface area contributed by atoms with Crippen molar-refractivity contribution in [3.63, 3.8) is 0 Å². The quantitative estimate of drug-likeness (QED) is 0.415. The Morgan fingerprint density at radius 1 is 1.00 bits per heavy atom. The van der Waals surface area contributed by atoms with Crippen LogP contribution in [0, 0.1) is 0 Å². The zero-order valence-corrected chi connectivity index (χ0v) is 20.6. The number of halogens is 1. The molecule has 1 atom stereocenters. The second kappa shape index (κ2) is 11.5. The van der Waals surface area contributed by atoms with Crippen LogP contribution < -0.4 is 5.32 Å². The van der Waals surface area contributed by atoms with Crippen LogP contribution in [0.15, 0.2) is 66.7 Å². The van der Waals surface area contributed by atoms with E-state index in [1.54, 1.807) is 4.90 Å². The fourth-order valence-corrected chi connectivity index (χ4v) is 5.09. The van der Waals surface area contributed by atoms with E-state index in [1.165, 1.54) is 17.2 Å². The first-order valence-corrected chi connectivity index (χ1v) is 12.7. The third kappa shape index (κ3) is 6.18. The Kier molecular flexibility index (Phi) is 8.23. The lowest BCUT2D eigenvalue weighted by molar-refractivity contribution is -0.141. The van der Waals surface area contributed by atoms with Gasteiger partial charge in [-0.15, -0.1) is 0 Å². The number of nitrogens with zero attached hydrogens (tertiary/aromatic N) is 1. The van der Waals surface area contributed by atoms with E-state index in [2.05, 4.69) is 29.6 Å². The number of fused-ring (bicyclic) bond motifs is 1. The standard InChI is InChI=1S/C29H33ClN2O2/c1-21(29(34)31-26-14-3-2-4-15-26)32(20-22-9-7-13-25(30)19-22)28(33)18-17-24-12-8-11-23-10-5-6-16-27(23)24/h5-13,16,19,21,26H,2-4,14-15,17-18,20H2,1H3,(H,31,34). The largest absolute Gasteiger partial charge is 0.352 e. The summed E-state index contributed by atoms with van der Waals surface area (Å²) in [5.41, 5.74) is 2.07. The molecule has 0 aromatic heterocycles. The molecule has 1 N–H and O–H groups in total. The minimum Gasteiger partial charge on any atom is -0.352 e. The number of amides is 2. The molecule has 2 amide bonds. The highest BCUT2D eigenvalue weighted by molar-refractivity contribution is 6.30. The molecule has 3 aromatic rings. The van der Waals surface area contributed by atoms with Gasteiger partial charge in [-0.3, -0.25) is 9.59 Å². The van der Waals surface area contributed by atoms with Gasteiger partial charge in [-0.2, -0.15) is 0 Å². The fraction of sp³-hybridized carbons (Fsp3) is 0.379. The van der Waals surface area contributed by atoms with Gasteiger partial charge in [0.05, 0.1) is 0 Å². The summed E-state index contributed by atoms with van der Waals surface area (Å²) < 4.78 is 0. The number of carbonyl (C=O) groups is 2. The molecule has 1 aliphatic carbocycles. The molecule has 3 aromatic carbocycles. The van der Waals surface area contributed by atoms with Crippen LogP contribution >= 0.6 is 11.6 Å². The van der Waals surface area contributed by atoms with Crippen LogP contribution in [0.4, 0.5) is 0 Å². The number of aryl methyl sites for hydroxylation is 1. The Bertz CT molecular complexity index is 1130. The molecular weight excluding hydrogens is 444 g/mol. The van der Waals surface area contributed by atoms with Gasteiger partial charge in [0.1, 0.15) is 6.04 Å². The molecule has 0 radical (unpaired) electrons. The van der Waals surface area contributed by atoms with Crippen molar-refractivity contribution in [3.05, 3.63) is 82.9 Å². The Hall–Kier alpha value is -2.85. The van der Waals surface area contributed by atoms with Gasteiger partial charge < -0.3 is 10.2 Å². The molecule has 34 heavy (non-hydrogen) atoms. The minimum absolute atomic E-state index is 0.0285. The van der Waals surface area contributed by atoms with E-state index in [-0.39, 0.29) is 17.9 Å². The van der Waals surface area contributed by atoms with E-state index >= 15 is 0 Å². The SMILES string of the molecule is CC(C(=O)NC1CCCCC1)N(Cc1cccc(Cl)c1)C(=O)CCc1cccc2ccccc12. The van der Waals surface area contributed by atoms with Gasteiger partial charge in [0.2, 0.25) is 11.8 Å². The summed E-state index contributed by atoms with van der Waals surface area (Å²) in [6.07, 6.45) is 6.53. The third-order valence-corrected chi connectivity index (χ3v) is 7.08. The molecule has 1 aliphatic rings. The maximum absolute atomic E-state index is 13.5. The van der Waals surface area contributed by atoms with Crippen molar-refractivity contribution in [1.82, 2.24) is 10.2 Å². The van der Waals surface area contributed by atoms with Crippen molar-refractivity contribution in [2.75, 3.05) is 0 Å². The second-order valence-corrected chi connectivity index (χ2v) is 9.75. The van der Waals surface area contributed by atoms with Crippen LogP contribution in [0.25, 0.3) is 10.8 Å². The molecule has 178 valence electrons. The van der Waals surface area contributed by atoms with Crippen LogP contribution in [0.5, 0.6) is 0 Å². The van der Waals surface area contributed by atoms with Gasteiger partial charge in [-0.25, -0.2) is 0 Å². The third-order valence-electron chi connectivity index (χ3n) is 6.85. The Labute approximate surface area is 207 Å². The maximum Gasteiger partial charge on any atom is 0.242 e. The molecule has 5 heteroatoms. The molecule has 0 saturated heterocycles. The van der Waals surface area contributed by atoms with E-state index in [0.29, 0.717) is 24.4 Å². The van der Waals surface area contributed by atoms with Crippen LogP contribution in [0.2, 0.25) is 5.02 Å². The first-order valence-electron chi connectivity index (χ1n) is 12.3. The Morgan fingerprint density at radius 2 is 1.74 bits per heavy atom. The average molecular weight is 477 g/mol. The predicted molar refractivity (Wildman–Crippen MR) is 139 cm³/mol. The number of benzene rings is 3. The fourth-order valence-electron chi connectivity index (χ4n) is 4.88. The van der Waals surface area contributed by atoms with Crippen molar-refractivity contribution in [3.8, 4) is 0 Å². The van der Waals surface area contributed by atoms with Gasteiger partial charge in [0.15, 0.2) is 0 Å². The minimum atomic E-state index is -0.555. The summed E-state index contributed by atoms with van der Waals surface area (Å²) in [4.78, 5) is 28.3. The molecule has 0 aliphatic heterocycles. The summed E-state index contributed by atoms with van der Waals surface area (Å²) in [5.74, 6) is -0.105. The van der Waals surface area contributed by atoms with Crippen molar-refractivity contribution in [2.24, 2.45) is 0 Å². The molecular formula is C29H33ClN2O2. The first-order chi connectivity index (χ1) is 16.5. The smallest absolute Gasteiger partial charge is 0.242 e. The second-order valence-electron chi connectivity index (χ2n) is 9.31. The van der Waals surface area contributed by atoms with Crippen molar-refractivity contribution < 1.29 is 9.59 Å². The van der Waals surface area contributed by atoms with Crippen LogP contribution in [-0.4, -0.2) is 28.8 Å². The normalized spacial score (nSPS) is 15.1. The van der Waals surface area contributed by atoms with Crippen LogP contribution in [-0.2, 0) is 22.6 Å². The molecule has 4 nitrogen and oxygen atoms in total. The molecule has 4 rings (SSSR count). The molecule has 0 spiro atoms. The molecule has 0 bridgehead atoms. The molecule has 0 heterocycles. The van der Waals surface area contributed by atoms with Crippen LogP contribution in [0.3, 0.4) is 0 Å². The van der Waals surface area contributed by atoms with E-state index < -0.39 is 6.04 Å². The summed E-state index contributed by atoms with van der Waals surface area (Å²) in [6.45, 7) is 2.19. The van der Waals surface area contributed by atoms with Gasteiger partial charge in [-0.1, -0.05) is 85.5 Å². The van der Waals surface area contributed by atoms with E-state index in [4.69, 9.17) is 11.6 Å². The topological polar surface area (TPSA) is 49.4 Å². The highest BCUT2D eigenvalue weighted by atomic mass is 35.5. The Balaban J connectivity index is 1.50. The summed E-state index contributed by atoms with van der Waals surface area (Å²) in [7, 11) is 0. The number of carbonyl (C=O) groups excluding carboxylic acids is 2. The zero-order valence-electron chi connectivity index (χ0n) is 19.8. The molecule has 1 fully saturated rings. The van der Waals surface area contributed by atoms with Crippen molar-refractivity contribution in [2.45, 2.75) is 70.5 Å². The average Bonchev–Trinajstić information content (AvgIpc) is 2.86. The van der Waals surface area contributed by atoms with E-state index in [9.17, 15) is 9.59 Å². The van der Waals surface area contributed by atoms with Gasteiger partial charge in [0, 0.05) is 24.0 Å². The van der Waals surface area contributed by atoms with Crippen LogP contribution in [0.1, 0.15) is 56.6 Å². The molecule has 1 unspecified atom stereocenters. The van der Waals surface area contributed by atoms with Gasteiger partial charge >= 0.3 is 0 Å². The summed E-state index contributed by atoms with van der Waals surface area (Å²) in [6, 6.07) is 21.6. The molecule has 1 saturated carbocycles. The monoisotopic (exact) mass is 476 g/mol. The number of nitrogens with one attached hydrogen (secondary N) is 1. The first kappa shape index (κ1) is 24.3. The summed E-state index contributed by atoms with van der Waals surface area (Å²) in [5, 5.41) is 6.15. The highest BCUT2D eigenvalue weighted by Crippen LogP contribution is 2.22. The number of hydrogen-bond acceptors (Lipinski definition) is 2. The lowest BCUT2D eigenvalue weighted by Gasteiger charge is -2.31. The highest BCUT2D eigenvalue weighted by Gasteiger charge is 2.28. The maximum atomic E-state index is 13.5. The van der Waals surface area contributed by atoms with Crippen molar-refractivity contribution in [1.29, 1.82) is 0 Å². The predicted octanol–water partition coefficient (Wildman–Crippen LogP) is 6.29. The number of rotatable bonds is 8. The van der Waals surface area contributed by atoms with Gasteiger partial charge in [0.25, 0.3) is 0 Å². The summed E-state index contributed by atoms with van der Waals surface area (Å²) >= 11 is 6.19. The Morgan fingerprint density at radius 3 is 2.53 bits per heavy atom. The van der Waals surface area contributed by atoms with E-state index in [1.807, 2.05) is 49.4 Å². The lowest BCUT2D eigenvalue weighted by atomic mass is 9.95. The zero-order chi connectivity index (χ0) is 23.9. The van der Waals surface area contributed by atoms with E-state index in [0.717, 1.165) is 36.8 Å².